The minimum absolute atomic E-state index is 0. The molecule has 0 radical (unpaired) electrons. The van der Waals surface area contributed by atoms with Gasteiger partial charge in [0, 0.05) is 28.6 Å². The Hall–Kier alpha value is -6.23. The average Bonchev–Trinajstić information content (AvgIpc) is 3.06. The first-order valence-corrected chi connectivity index (χ1v) is 15.9. The van der Waals surface area contributed by atoms with Crippen molar-refractivity contribution < 1.29 is 58.6 Å². The van der Waals surface area contributed by atoms with Crippen molar-refractivity contribution in [1.29, 1.82) is 0 Å². The van der Waals surface area contributed by atoms with E-state index in [4.69, 9.17) is 37.1 Å². The summed E-state index contributed by atoms with van der Waals surface area (Å²) in [6.45, 7) is -3.24. The number of hydrogen-bond donors (Lipinski definition) is 5. The number of fused-ring (bicyclic) bond motifs is 2. The van der Waals surface area contributed by atoms with Crippen LogP contribution in [0.2, 0.25) is 10.0 Å². The normalized spacial score (nSPS) is 10.8. The maximum absolute atomic E-state index is 12.4. The molecule has 0 unspecified atom stereocenters. The lowest BCUT2D eigenvalue weighted by molar-refractivity contribution is -0.303. The Morgan fingerprint density at radius 1 is 0.736 bits per heavy atom. The number of carboxylic acids is 4. The molecule has 0 amide bonds. The Bertz CT molecular complexity index is 2190. The number of hydrogen-bond acceptors (Lipinski definition) is 12. The van der Waals surface area contributed by atoms with E-state index in [9.17, 15) is 49.5 Å². The zero-order valence-corrected chi connectivity index (χ0v) is 29.2. The zero-order valence-electron chi connectivity index (χ0n) is 27.7. The van der Waals surface area contributed by atoms with Gasteiger partial charge in [0.05, 0.1) is 33.9 Å². The van der Waals surface area contributed by atoms with Crippen molar-refractivity contribution in [3.05, 3.63) is 87.0 Å². The van der Waals surface area contributed by atoms with Crippen molar-refractivity contribution >= 4 is 69.4 Å². The maximum Gasteiger partial charge on any atom is 0.323 e. The highest BCUT2D eigenvalue weighted by atomic mass is 35.5. The molecule has 0 atom stereocenters. The number of rotatable bonds is 16. The van der Waals surface area contributed by atoms with Crippen LogP contribution in [0.3, 0.4) is 0 Å². The predicted octanol–water partition coefficient (Wildman–Crippen LogP) is 4.03. The van der Waals surface area contributed by atoms with E-state index >= 15 is 0 Å². The van der Waals surface area contributed by atoms with Crippen molar-refractivity contribution in [2.24, 2.45) is 0 Å². The van der Waals surface area contributed by atoms with E-state index in [1.54, 1.807) is 18.2 Å². The third kappa shape index (κ3) is 9.36. The van der Waals surface area contributed by atoms with Crippen LogP contribution in [0.15, 0.2) is 75.9 Å². The first-order chi connectivity index (χ1) is 24.7. The van der Waals surface area contributed by atoms with Crippen LogP contribution < -0.4 is 36.0 Å². The van der Waals surface area contributed by atoms with E-state index < -0.39 is 55.5 Å². The summed E-state index contributed by atoms with van der Waals surface area (Å²) in [5.74, 6) is -5.48. The van der Waals surface area contributed by atoms with Gasteiger partial charge < -0.3 is 60.2 Å². The van der Waals surface area contributed by atoms with Crippen molar-refractivity contribution in [2.75, 3.05) is 49.2 Å². The number of phenols is 1. The Kier molecular flexibility index (Phi) is 12.6. The van der Waals surface area contributed by atoms with E-state index in [0.29, 0.717) is 22.1 Å². The third-order valence-corrected chi connectivity index (χ3v) is 8.13. The van der Waals surface area contributed by atoms with Crippen LogP contribution in [0.25, 0.3) is 33.4 Å². The summed E-state index contributed by atoms with van der Waals surface area (Å²) in [5.41, 5.74) is 1.07. The largest absolute Gasteiger partial charge is 0.548 e. The van der Waals surface area contributed by atoms with Crippen molar-refractivity contribution in [3.8, 4) is 39.7 Å². The molecule has 0 fully saturated rings. The molecule has 0 spiro atoms. The number of anilines is 2. The number of para-hydroxylation sites is 2. The van der Waals surface area contributed by atoms with Crippen LogP contribution in [-0.2, 0) is 19.2 Å². The molecular formula is C35H31Cl2N3O13. The summed E-state index contributed by atoms with van der Waals surface area (Å²) in [6.07, 6.45) is 0. The molecule has 3 aromatic carbocycles. The number of nitrogens with zero attached hydrogens (tertiary/aromatic N) is 2. The van der Waals surface area contributed by atoms with E-state index in [1.165, 1.54) is 48.5 Å². The van der Waals surface area contributed by atoms with Crippen LogP contribution >= 0.6 is 23.2 Å². The lowest BCUT2D eigenvalue weighted by atomic mass is 9.93. The van der Waals surface area contributed by atoms with Gasteiger partial charge >= 0.3 is 17.9 Å². The molecule has 1 aliphatic heterocycles. The summed E-state index contributed by atoms with van der Waals surface area (Å²) in [6, 6.07) is 15.9. The van der Waals surface area contributed by atoms with Gasteiger partial charge in [-0.25, -0.2) is 0 Å². The van der Waals surface area contributed by atoms with Gasteiger partial charge in [0.1, 0.15) is 61.4 Å². The SMILES string of the molecule is O=C([O-])CN(CC(=O)O)c1ccccc1OCCOc1cc(-c2c3cc(Cl)c(=O)cc-3oc3cc(O)c(Cl)cc23)ccc1N(CC(=O)O)CC(=O)O.[NH4+]. The number of quaternary nitrogens is 1. The summed E-state index contributed by atoms with van der Waals surface area (Å²) in [4.78, 5) is 60.8. The second-order valence-corrected chi connectivity index (χ2v) is 12.0. The second kappa shape index (κ2) is 16.9. The highest BCUT2D eigenvalue weighted by molar-refractivity contribution is 6.33. The summed E-state index contributed by atoms with van der Waals surface area (Å²) < 4.78 is 17.8. The van der Waals surface area contributed by atoms with Crippen LogP contribution in [0.4, 0.5) is 11.4 Å². The molecule has 8 N–H and O–H groups in total. The van der Waals surface area contributed by atoms with Crippen LogP contribution in [0.5, 0.6) is 17.2 Å². The summed E-state index contributed by atoms with van der Waals surface area (Å²) >= 11 is 12.5. The van der Waals surface area contributed by atoms with Gasteiger partial charge in [0.15, 0.2) is 0 Å². The first-order valence-electron chi connectivity index (χ1n) is 15.1. The molecule has 0 saturated carbocycles. The predicted molar refractivity (Wildman–Crippen MR) is 192 cm³/mol. The van der Waals surface area contributed by atoms with Crippen molar-refractivity contribution in [1.82, 2.24) is 6.15 Å². The fraction of sp³-hybridized carbons (Fsp3) is 0.171. The maximum atomic E-state index is 12.4. The number of halogens is 2. The molecule has 53 heavy (non-hydrogen) atoms. The number of aromatic hydroxyl groups is 1. The van der Waals surface area contributed by atoms with Crippen LogP contribution in [0, 0.1) is 0 Å². The number of phenolic OH excluding ortho intramolecular Hbond substituents is 1. The molecule has 5 rings (SSSR count). The fourth-order valence-corrected chi connectivity index (χ4v) is 5.83. The van der Waals surface area contributed by atoms with Gasteiger partial charge in [0.2, 0.25) is 5.43 Å². The van der Waals surface area contributed by atoms with E-state index in [0.717, 1.165) is 9.80 Å². The molecule has 16 nitrogen and oxygen atoms in total. The topological polar surface area (TPSA) is 264 Å². The molecule has 2 aliphatic rings. The molecule has 1 heterocycles. The minimum atomic E-state index is -1.51. The second-order valence-electron chi connectivity index (χ2n) is 11.2. The lowest BCUT2D eigenvalue weighted by Crippen LogP contribution is -2.41. The minimum Gasteiger partial charge on any atom is -0.548 e. The molecule has 0 aromatic heterocycles. The van der Waals surface area contributed by atoms with E-state index in [1.807, 2.05) is 0 Å². The summed E-state index contributed by atoms with van der Waals surface area (Å²) in [7, 11) is 0. The smallest absolute Gasteiger partial charge is 0.323 e. The third-order valence-electron chi connectivity index (χ3n) is 7.53. The highest BCUT2D eigenvalue weighted by Gasteiger charge is 2.24. The van der Waals surface area contributed by atoms with Gasteiger partial charge in [0.25, 0.3) is 0 Å². The quantitative estimate of drug-likeness (QED) is 0.0700. The van der Waals surface area contributed by atoms with Crippen molar-refractivity contribution in [3.63, 3.8) is 0 Å². The number of ether oxygens (including phenoxy) is 2. The summed E-state index contributed by atoms with van der Waals surface area (Å²) in [5, 5.41) is 50.3. The highest BCUT2D eigenvalue weighted by Crippen LogP contribution is 2.45. The number of aliphatic carboxylic acids is 4. The number of benzene rings is 4. The molecular weight excluding hydrogens is 741 g/mol. The molecule has 278 valence electrons. The average molecular weight is 773 g/mol. The van der Waals surface area contributed by atoms with E-state index in [2.05, 4.69) is 0 Å². The molecule has 1 aliphatic carbocycles. The Balaban J connectivity index is 0.00000627. The standard InChI is InChI=1S/C35H28Cl2N2O13.H3N/c36-21-10-19-28(12-25(21)40)52-29-13-26(41)22(37)11-20(29)35(19)18-5-6-24(39(16-33(46)47)17-34(48)49)30(9-18)51-8-7-50-27-4-2-1-3-23(27)38(14-31(42)43)15-32(44)45;/h1-6,9-13,40H,7-8,14-17H2,(H,42,43)(H,44,45)(H,46,47)(H,48,49);1H3. The van der Waals surface area contributed by atoms with Gasteiger partial charge in [-0.15, -0.1) is 0 Å². The molecule has 3 aromatic rings. The zero-order chi connectivity index (χ0) is 37.7. The van der Waals surface area contributed by atoms with Crippen LogP contribution in [0.1, 0.15) is 0 Å². The fourth-order valence-electron chi connectivity index (χ4n) is 5.50. The lowest BCUT2D eigenvalue weighted by Gasteiger charge is -2.26. The number of carbonyl (C=O) groups is 4. The number of carbonyl (C=O) groups excluding carboxylic acids is 1. The Morgan fingerprint density at radius 3 is 1.94 bits per heavy atom. The Morgan fingerprint density at radius 2 is 1.32 bits per heavy atom. The van der Waals surface area contributed by atoms with Crippen LogP contribution in [-0.4, -0.2) is 83.7 Å². The molecule has 0 saturated heterocycles. The Labute approximate surface area is 309 Å². The molecule has 0 bridgehead atoms. The van der Waals surface area contributed by atoms with Gasteiger partial charge in [-0.05, 0) is 42.0 Å². The molecule has 18 heteroatoms. The van der Waals surface area contributed by atoms with Gasteiger partial charge in [-0.1, -0.05) is 41.4 Å². The first kappa shape index (κ1) is 39.6. The number of carboxylic acid groups (broad SMARTS) is 4. The monoisotopic (exact) mass is 771 g/mol. The van der Waals surface area contributed by atoms with Gasteiger partial charge in [-0.2, -0.15) is 0 Å². The van der Waals surface area contributed by atoms with Crippen molar-refractivity contribution in [2.45, 2.75) is 0 Å². The van der Waals surface area contributed by atoms with E-state index in [-0.39, 0.29) is 69.4 Å². The van der Waals surface area contributed by atoms with Gasteiger partial charge in [-0.3, -0.25) is 19.2 Å².